The van der Waals surface area contributed by atoms with Gasteiger partial charge in [-0.2, -0.15) is 0 Å². The van der Waals surface area contributed by atoms with Gasteiger partial charge < -0.3 is 10.6 Å². The molecule has 0 aliphatic carbocycles. The molecule has 6 heteroatoms. The summed E-state index contributed by atoms with van der Waals surface area (Å²) in [4.78, 5) is 10.2. The predicted octanol–water partition coefficient (Wildman–Crippen LogP) is 2.29. The first kappa shape index (κ1) is 12.8. The van der Waals surface area contributed by atoms with E-state index in [0.29, 0.717) is 18.3 Å². The molecule has 0 bridgehead atoms. The number of nitro benzene ring substituents is 1. The second-order valence-corrected chi connectivity index (χ2v) is 4.43. The van der Waals surface area contributed by atoms with Gasteiger partial charge in [0.2, 0.25) is 0 Å². The van der Waals surface area contributed by atoms with E-state index in [9.17, 15) is 14.5 Å². The highest BCUT2D eigenvalue weighted by Crippen LogP contribution is 2.25. The largest absolute Gasteiger partial charge is 0.379 e. The van der Waals surface area contributed by atoms with Crippen LogP contribution in [0.1, 0.15) is 19.3 Å². The Balaban J connectivity index is 1.93. The normalized spacial score (nSPS) is 18.8. The van der Waals surface area contributed by atoms with E-state index in [2.05, 4.69) is 10.6 Å². The SMILES string of the molecule is O=[N+]([O-])c1cc(F)ccc1NCC[C@@H]1CCCN1. The fourth-order valence-corrected chi connectivity index (χ4v) is 2.19. The molecule has 1 aromatic carbocycles. The van der Waals surface area contributed by atoms with Crippen LogP contribution in [-0.4, -0.2) is 24.1 Å². The number of nitrogens with one attached hydrogen (secondary N) is 2. The van der Waals surface area contributed by atoms with Crippen LogP contribution in [0.3, 0.4) is 0 Å². The summed E-state index contributed by atoms with van der Waals surface area (Å²) < 4.78 is 12.9. The fourth-order valence-electron chi connectivity index (χ4n) is 2.19. The summed E-state index contributed by atoms with van der Waals surface area (Å²) in [5.41, 5.74) is 0.161. The molecule has 1 atom stereocenters. The molecule has 1 aliphatic rings. The van der Waals surface area contributed by atoms with Crippen molar-refractivity contribution in [2.45, 2.75) is 25.3 Å². The lowest BCUT2D eigenvalue weighted by Crippen LogP contribution is -2.24. The number of hydrogen-bond donors (Lipinski definition) is 2. The Morgan fingerprint density at radius 2 is 2.39 bits per heavy atom. The minimum atomic E-state index is -0.593. The standard InChI is InChI=1S/C12H16FN3O2/c13-9-3-4-11(12(8-9)16(17)18)15-7-5-10-2-1-6-14-10/h3-4,8,10,14-15H,1-2,5-7H2/t10-/m0/s1. The first-order chi connectivity index (χ1) is 8.66. The summed E-state index contributed by atoms with van der Waals surface area (Å²) in [6.45, 7) is 1.69. The lowest BCUT2D eigenvalue weighted by Gasteiger charge is -2.11. The van der Waals surface area contributed by atoms with E-state index in [-0.39, 0.29) is 5.69 Å². The van der Waals surface area contributed by atoms with Gasteiger partial charge in [0.25, 0.3) is 5.69 Å². The second kappa shape index (κ2) is 5.77. The molecule has 1 fully saturated rings. The quantitative estimate of drug-likeness (QED) is 0.624. The second-order valence-electron chi connectivity index (χ2n) is 4.43. The topological polar surface area (TPSA) is 67.2 Å². The number of benzene rings is 1. The van der Waals surface area contributed by atoms with Crippen molar-refractivity contribution in [2.75, 3.05) is 18.4 Å². The molecule has 1 saturated heterocycles. The van der Waals surface area contributed by atoms with Gasteiger partial charge in [-0.25, -0.2) is 4.39 Å². The summed E-state index contributed by atoms with van der Waals surface area (Å²) in [6.07, 6.45) is 3.24. The molecular formula is C12H16FN3O2. The minimum absolute atomic E-state index is 0.214. The Labute approximate surface area is 105 Å². The first-order valence-corrected chi connectivity index (χ1v) is 6.08. The van der Waals surface area contributed by atoms with Crippen LogP contribution < -0.4 is 10.6 Å². The van der Waals surface area contributed by atoms with Crippen molar-refractivity contribution in [1.29, 1.82) is 0 Å². The van der Waals surface area contributed by atoms with E-state index >= 15 is 0 Å². The number of nitrogens with zero attached hydrogens (tertiary/aromatic N) is 1. The minimum Gasteiger partial charge on any atom is -0.379 e. The third kappa shape index (κ3) is 3.16. The number of rotatable bonds is 5. The Kier molecular flexibility index (Phi) is 4.09. The molecule has 2 rings (SSSR count). The molecule has 1 aromatic rings. The van der Waals surface area contributed by atoms with Crippen molar-refractivity contribution < 1.29 is 9.31 Å². The van der Waals surface area contributed by atoms with E-state index < -0.39 is 10.7 Å². The third-order valence-electron chi connectivity index (χ3n) is 3.13. The Morgan fingerprint density at radius 3 is 3.06 bits per heavy atom. The zero-order valence-corrected chi connectivity index (χ0v) is 9.99. The molecule has 0 saturated carbocycles. The summed E-state index contributed by atoms with van der Waals surface area (Å²) >= 11 is 0. The average molecular weight is 253 g/mol. The molecule has 1 aliphatic heterocycles. The van der Waals surface area contributed by atoms with Crippen LogP contribution in [0.4, 0.5) is 15.8 Å². The Morgan fingerprint density at radius 1 is 1.56 bits per heavy atom. The molecule has 2 N–H and O–H groups in total. The Hall–Kier alpha value is -1.69. The average Bonchev–Trinajstić information content (AvgIpc) is 2.84. The van der Waals surface area contributed by atoms with Gasteiger partial charge in [0, 0.05) is 12.6 Å². The molecule has 0 spiro atoms. The van der Waals surface area contributed by atoms with Crippen LogP contribution in [0.25, 0.3) is 0 Å². The summed E-state index contributed by atoms with van der Waals surface area (Å²) in [6, 6.07) is 4.06. The maximum Gasteiger partial charge on any atom is 0.295 e. The van der Waals surface area contributed by atoms with Crippen LogP contribution in [0.5, 0.6) is 0 Å². The molecule has 18 heavy (non-hydrogen) atoms. The maximum absolute atomic E-state index is 12.9. The highest BCUT2D eigenvalue weighted by Gasteiger charge is 2.16. The fraction of sp³-hybridized carbons (Fsp3) is 0.500. The van der Waals surface area contributed by atoms with Crippen LogP contribution in [-0.2, 0) is 0 Å². The van der Waals surface area contributed by atoms with Crippen molar-refractivity contribution in [3.63, 3.8) is 0 Å². The van der Waals surface area contributed by atoms with Gasteiger partial charge in [0.1, 0.15) is 11.5 Å². The van der Waals surface area contributed by atoms with Crippen LogP contribution in [0.2, 0.25) is 0 Å². The molecule has 0 aromatic heterocycles. The molecular weight excluding hydrogens is 237 g/mol. The number of nitro groups is 1. The number of anilines is 1. The lowest BCUT2D eigenvalue weighted by molar-refractivity contribution is -0.384. The number of hydrogen-bond acceptors (Lipinski definition) is 4. The van der Waals surface area contributed by atoms with Crippen molar-refractivity contribution in [3.8, 4) is 0 Å². The van der Waals surface area contributed by atoms with Crippen molar-refractivity contribution in [3.05, 3.63) is 34.1 Å². The van der Waals surface area contributed by atoms with Gasteiger partial charge in [-0.1, -0.05) is 0 Å². The summed E-state index contributed by atoms with van der Waals surface area (Å²) in [7, 11) is 0. The molecule has 5 nitrogen and oxygen atoms in total. The molecule has 1 heterocycles. The van der Waals surface area contributed by atoms with Crippen molar-refractivity contribution in [1.82, 2.24) is 5.32 Å². The molecule has 0 radical (unpaired) electrons. The highest BCUT2D eigenvalue weighted by atomic mass is 19.1. The van der Waals surface area contributed by atoms with Gasteiger partial charge in [0.15, 0.2) is 0 Å². The Bertz CT molecular complexity index is 433. The van der Waals surface area contributed by atoms with Gasteiger partial charge in [-0.05, 0) is 37.9 Å². The van der Waals surface area contributed by atoms with Crippen molar-refractivity contribution in [2.24, 2.45) is 0 Å². The monoisotopic (exact) mass is 253 g/mol. The lowest BCUT2D eigenvalue weighted by atomic mass is 10.1. The molecule has 0 unspecified atom stereocenters. The van der Waals surface area contributed by atoms with E-state index in [1.165, 1.54) is 18.6 Å². The maximum atomic E-state index is 12.9. The number of halogens is 1. The smallest absolute Gasteiger partial charge is 0.295 e. The summed E-state index contributed by atoms with van der Waals surface area (Å²) in [5, 5.41) is 17.1. The molecule has 98 valence electrons. The van der Waals surface area contributed by atoms with Crippen molar-refractivity contribution >= 4 is 11.4 Å². The van der Waals surface area contributed by atoms with Crippen LogP contribution in [0.15, 0.2) is 18.2 Å². The summed E-state index contributed by atoms with van der Waals surface area (Å²) in [5.74, 6) is -0.593. The van der Waals surface area contributed by atoms with E-state index in [0.717, 1.165) is 25.5 Å². The van der Waals surface area contributed by atoms with Gasteiger partial charge in [-0.3, -0.25) is 10.1 Å². The highest BCUT2D eigenvalue weighted by molar-refractivity contribution is 5.61. The zero-order chi connectivity index (χ0) is 13.0. The molecule has 0 amide bonds. The van der Waals surface area contributed by atoms with E-state index in [1.807, 2.05) is 0 Å². The van der Waals surface area contributed by atoms with Crippen LogP contribution >= 0.6 is 0 Å². The predicted molar refractivity (Wildman–Crippen MR) is 67.2 cm³/mol. The first-order valence-electron chi connectivity index (χ1n) is 6.08. The van der Waals surface area contributed by atoms with E-state index in [4.69, 9.17) is 0 Å². The van der Waals surface area contributed by atoms with E-state index in [1.54, 1.807) is 0 Å². The van der Waals surface area contributed by atoms with Crippen LogP contribution in [0, 0.1) is 15.9 Å². The van der Waals surface area contributed by atoms with Gasteiger partial charge >= 0.3 is 0 Å². The van der Waals surface area contributed by atoms with Gasteiger partial charge in [0.05, 0.1) is 11.0 Å². The van der Waals surface area contributed by atoms with Gasteiger partial charge in [-0.15, -0.1) is 0 Å². The zero-order valence-electron chi connectivity index (χ0n) is 9.99. The third-order valence-corrected chi connectivity index (χ3v) is 3.13.